The van der Waals surface area contributed by atoms with Gasteiger partial charge >= 0.3 is 0 Å². The molecule has 1 aromatic heterocycles. The number of benzene rings is 1. The molecule has 1 aromatic carbocycles. The molecule has 1 heterocycles. The molecule has 1 aliphatic rings. The van der Waals surface area contributed by atoms with Gasteiger partial charge in [-0.15, -0.1) is 0 Å². The lowest BCUT2D eigenvalue weighted by atomic mass is 9.88. The summed E-state index contributed by atoms with van der Waals surface area (Å²) in [6.07, 6.45) is 6.25. The van der Waals surface area contributed by atoms with E-state index in [2.05, 4.69) is 33.8 Å². The van der Waals surface area contributed by atoms with Gasteiger partial charge in [0.15, 0.2) is 4.77 Å². The van der Waals surface area contributed by atoms with Crippen LogP contribution in [0.3, 0.4) is 0 Å². The normalized spacial score (nSPS) is 18.3. The van der Waals surface area contributed by atoms with Crippen molar-refractivity contribution in [1.82, 2.24) is 9.55 Å². The Bertz CT molecular complexity index is 626. The van der Waals surface area contributed by atoms with Crippen molar-refractivity contribution < 1.29 is 0 Å². The molecule has 0 amide bonds. The van der Waals surface area contributed by atoms with E-state index in [9.17, 15) is 0 Å². The van der Waals surface area contributed by atoms with Crippen LogP contribution in [-0.4, -0.2) is 16.1 Å². The highest BCUT2D eigenvalue weighted by Crippen LogP contribution is 2.30. The van der Waals surface area contributed by atoms with Gasteiger partial charge in [0, 0.05) is 24.4 Å². The molecule has 0 radical (unpaired) electrons. The van der Waals surface area contributed by atoms with Crippen LogP contribution in [0.2, 0.25) is 0 Å². The fourth-order valence-corrected chi connectivity index (χ4v) is 3.38. The van der Waals surface area contributed by atoms with Gasteiger partial charge in [-0.3, -0.25) is 0 Å². The van der Waals surface area contributed by atoms with Crippen molar-refractivity contribution in [3.63, 3.8) is 0 Å². The number of fused-ring (bicyclic) bond motifs is 1. The van der Waals surface area contributed by atoms with Gasteiger partial charge in [-0.1, -0.05) is 24.3 Å². The van der Waals surface area contributed by atoms with Gasteiger partial charge in [0.25, 0.3) is 0 Å². The molecule has 3 rings (SSSR count). The molecule has 1 atom stereocenters. The van der Waals surface area contributed by atoms with Crippen LogP contribution < -0.4 is 5.73 Å². The van der Waals surface area contributed by atoms with E-state index in [0.29, 0.717) is 12.6 Å². The number of aromatic amines is 1. The third-order valence-corrected chi connectivity index (χ3v) is 4.29. The molecule has 0 saturated carbocycles. The quantitative estimate of drug-likeness (QED) is 0.845. The van der Waals surface area contributed by atoms with Gasteiger partial charge in [-0.2, -0.15) is 0 Å². The summed E-state index contributed by atoms with van der Waals surface area (Å²) in [5.74, 6) is 0. The minimum absolute atomic E-state index is 0.468. The second-order valence-corrected chi connectivity index (χ2v) is 5.55. The summed E-state index contributed by atoms with van der Waals surface area (Å²) in [6, 6.07) is 9.19. The Kier molecular flexibility index (Phi) is 3.53. The van der Waals surface area contributed by atoms with E-state index in [4.69, 9.17) is 18.0 Å². The van der Waals surface area contributed by atoms with Crippen LogP contribution in [0.1, 0.15) is 29.3 Å². The van der Waals surface area contributed by atoms with Gasteiger partial charge in [0.05, 0.1) is 0 Å². The minimum Gasteiger partial charge on any atom is -0.337 e. The lowest BCUT2D eigenvalue weighted by Gasteiger charge is -2.27. The van der Waals surface area contributed by atoms with Gasteiger partial charge in [0.1, 0.15) is 0 Å². The Morgan fingerprint density at radius 3 is 2.89 bits per heavy atom. The Labute approximate surface area is 118 Å². The predicted octanol–water partition coefficient (Wildman–Crippen LogP) is 2.78. The molecule has 4 heteroatoms. The topological polar surface area (TPSA) is 46.7 Å². The maximum Gasteiger partial charge on any atom is 0.177 e. The summed E-state index contributed by atoms with van der Waals surface area (Å²) in [5, 5.41) is 0. The maximum atomic E-state index is 5.68. The summed E-state index contributed by atoms with van der Waals surface area (Å²) in [7, 11) is 0. The number of rotatable bonds is 3. The second-order valence-electron chi connectivity index (χ2n) is 5.16. The van der Waals surface area contributed by atoms with Crippen LogP contribution in [0.25, 0.3) is 0 Å². The summed E-state index contributed by atoms with van der Waals surface area (Å²) in [4.78, 5) is 3.17. The second kappa shape index (κ2) is 5.31. The Hall–Kier alpha value is -1.39. The first-order chi connectivity index (χ1) is 9.29. The lowest BCUT2D eigenvalue weighted by Crippen LogP contribution is -2.21. The van der Waals surface area contributed by atoms with Crippen molar-refractivity contribution in [2.24, 2.45) is 5.73 Å². The van der Waals surface area contributed by atoms with Crippen molar-refractivity contribution in [3.8, 4) is 0 Å². The van der Waals surface area contributed by atoms with Crippen molar-refractivity contribution in [3.05, 3.63) is 52.1 Å². The van der Waals surface area contributed by atoms with Gasteiger partial charge in [-0.25, -0.2) is 0 Å². The molecular formula is C15H19N3S. The van der Waals surface area contributed by atoms with Crippen LogP contribution in [0, 0.1) is 4.77 Å². The number of hydrogen-bond donors (Lipinski definition) is 2. The first-order valence-corrected chi connectivity index (χ1v) is 7.26. The SMILES string of the molecule is NCCc1c[nH]c(=S)n1[C@@H]1CCc2ccccc2C1. The average molecular weight is 273 g/mol. The van der Waals surface area contributed by atoms with Crippen molar-refractivity contribution in [2.45, 2.75) is 31.7 Å². The van der Waals surface area contributed by atoms with Crippen LogP contribution in [0.15, 0.2) is 30.5 Å². The number of nitrogens with two attached hydrogens (primary N) is 1. The third-order valence-electron chi connectivity index (χ3n) is 3.98. The Balaban J connectivity index is 1.93. The summed E-state index contributed by atoms with van der Waals surface area (Å²) < 4.78 is 3.10. The number of nitrogens with zero attached hydrogens (tertiary/aromatic N) is 1. The molecule has 1 aliphatic carbocycles. The number of H-pyrrole nitrogens is 1. The molecule has 0 saturated heterocycles. The summed E-state index contributed by atoms with van der Waals surface area (Å²) in [5.41, 5.74) is 9.86. The molecule has 0 bridgehead atoms. The molecule has 19 heavy (non-hydrogen) atoms. The van der Waals surface area contributed by atoms with E-state index in [1.54, 1.807) is 0 Å². The van der Waals surface area contributed by atoms with Crippen molar-refractivity contribution in [1.29, 1.82) is 0 Å². The van der Waals surface area contributed by atoms with Crippen LogP contribution in [-0.2, 0) is 19.3 Å². The Morgan fingerprint density at radius 2 is 2.11 bits per heavy atom. The fourth-order valence-electron chi connectivity index (χ4n) is 3.05. The van der Waals surface area contributed by atoms with Crippen LogP contribution >= 0.6 is 12.2 Å². The largest absolute Gasteiger partial charge is 0.337 e. The maximum absolute atomic E-state index is 5.68. The zero-order chi connectivity index (χ0) is 13.2. The van der Waals surface area contributed by atoms with E-state index in [-0.39, 0.29) is 0 Å². The highest BCUT2D eigenvalue weighted by atomic mass is 32.1. The number of nitrogens with one attached hydrogen (secondary N) is 1. The van der Waals surface area contributed by atoms with Crippen molar-refractivity contribution in [2.75, 3.05) is 6.54 Å². The van der Waals surface area contributed by atoms with Gasteiger partial charge in [-0.05, 0) is 49.2 Å². The van der Waals surface area contributed by atoms with Crippen molar-refractivity contribution >= 4 is 12.2 Å². The number of aromatic nitrogens is 2. The third kappa shape index (κ3) is 2.38. The van der Waals surface area contributed by atoms with Gasteiger partial charge in [0.2, 0.25) is 0 Å². The van der Waals surface area contributed by atoms with E-state index >= 15 is 0 Å². The van der Waals surface area contributed by atoms with E-state index in [1.807, 2.05) is 6.20 Å². The zero-order valence-electron chi connectivity index (χ0n) is 10.9. The molecule has 100 valence electrons. The number of aryl methyl sites for hydroxylation is 1. The molecule has 0 aliphatic heterocycles. The predicted molar refractivity (Wildman–Crippen MR) is 79.9 cm³/mol. The summed E-state index contributed by atoms with van der Waals surface area (Å²) >= 11 is 5.43. The fraction of sp³-hybridized carbons (Fsp3) is 0.400. The number of hydrogen-bond acceptors (Lipinski definition) is 2. The molecule has 0 fully saturated rings. The smallest absolute Gasteiger partial charge is 0.177 e. The first kappa shape index (κ1) is 12.6. The molecular weight excluding hydrogens is 254 g/mol. The molecule has 2 aromatic rings. The molecule has 0 spiro atoms. The lowest BCUT2D eigenvalue weighted by molar-refractivity contribution is 0.427. The highest BCUT2D eigenvalue weighted by molar-refractivity contribution is 7.71. The van der Waals surface area contributed by atoms with E-state index in [1.165, 1.54) is 16.8 Å². The van der Waals surface area contributed by atoms with E-state index < -0.39 is 0 Å². The Morgan fingerprint density at radius 1 is 1.32 bits per heavy atom. The zero-order valence-corrected chi connectivity index (χ0v) is 11.7. The first-order valence-electron chi connectivity index (χ1n) is 6.85. The standard InChI is InChI=1S/C15H19N3S/c16-8-7-14-10-17-15(19)18(14)13-6-5-11-3-1-2-4-12(11)9-13/h1-4,10,13H,5-9,16H2,(H,17,19)/t13-/m1/s1. The van der Waals surface area contributed by atoms with E-state index in [0.717, 1.165) is 30.5 Å². The molecule has 3 N–H and O–H groups in total. The average Bonchev–Trinajstić information content (AvgIpc) is 2.80. The molecule has 0 unspecified atom stereocenters. The van der Waals surface area contributed by atoms with Crippen LogP contribution in [0.4, 0.5) is 0 Å². The highest BCUT2D eigenvalue weighted by Gasteiger charge is 2.21. The number of imidazole rings is 1. The summed E-state index contributed by atoms with van der Waals surface area (Å²) in [6.45, 7) is 0.663. The minimum atomic E-state index is 0.468. The monoisotopic (exact) mass is 273 g/mol. The molecule has 3 nitrogen and oxygen atoms in total. The van der Waals surface area contributed by atoms with Crippen LogP contribution in [0.5, 0.6) is 0 Å². The van der Waals surface area contributed by atoms with Gasteiger partial charge < -0.3 is 15.3 Å².